The van der Waals surface area contributed by atoms with Gasteiger partial charge in [-0.15, -0.1) is 0 Å². The minimum atomic E-state index is -0.108. The van der Waals surface area contributed by atoms with Crippen molar-refractivity contribution in [3.05, 3.63) is 118 Å². The number of amides is 1. The van der Waals surface area contributed by atoms with Crippen LogP contribution in [0, 0.1) is 0 Å². The van der Waals surface area contributed by atoms with Gasteiger partial charge in [0.05, 0.1) is 0 Å². The molecule has 0 bridgehead atoms. The third kappa shape index (κ3) is 5.34. The zero-order valence-corrected chi connectivity index (χ0v) is 15.3. The van der Waals surface area contributed by atoms with Crippen LogP contribution in [-0.4, -0.2) is 10.8 Å². The van der Waals surface area contributed by atoms with E-state index in [4.69, 9.17) is 5.53 Å². The summed E-state index contributed by atoms with van der Waals surface area (Å²) in [6.07, 6.45) is 3.38. The van der Waals surface area contributed by atoms with Gasteiger partial charge in [0.15, 0.2) is 0 Å². The van der Waals surface area contributed by atoms with Gasteiger partial charge in [0, 0.05) is 29.8 Å². The normalized spacial score (nSPS) is 10.4. The Morgan fingerprint density at radius 3 is 2.25 bits per heavy atom. The van der Waals surface area contributed by atoms with Crippen molar-refractivity contribution >= 4 is 17.7 Å². The van der Waals surface area contributed by atoms with E-state index >= 15 is 0 Å². The highest BCUT2D eigenvalue weighted by Crippen LogP contribution is 2.22. The minimum absolute atomic E-state index is 0.108. The van der Waals surface area contributed by atoms with Crippen molar-refractivity contribution in [1.82, 2.24) is 4.90 Å². The Morgan fingerprint density at radius 2 is 1.54 bits per heavy atom. The van der Waals surface area contributed by atoms with Gasteiger partial charge in [-0.05, 0) is 28.3 Å². The number of rotatable bonds is 7. The molecular formula is C23H20N4O. The molecule has 0 saturated carbocycles. The minimum Gasteiger partial charge on any atom is -0.330 e. The molecule has 5 nitrogen and oxygen atoms in total. The van der Waals surface area contributed by atoms with Gasteiger partial charge in [0.2, 0.25) is 5.91 Å². The van der Waals surface area contributed by atoms with Gasteiger partial charge in [-0.25, -0.2) is 0 Å². The van der Waals surface area contributed by atoms with Crippen molar-refractivity contribution in [3.63, 3.8) is 0 Å². The molecule has 0 atom stereocenters. The van der Waals surface area contributed by atoms with Crippen LogP contribution in [0.5, 0.6) is 0 Å². The molecule has 0 aliphatic carbocycles. The van der Waals surface area contributed by atoms with Gasteiger partial charge in [0.25, 0.3) is 0 Å². The fraction of sp³-hybridized carbons (Fsp3) is 0.0870. The first-order chi connectivity index (χ1) is 13.8. The van der Waals surface area contributed by atoms with Gasteiger partial charge in [-0.3, -0.25) is 4.79 Å². The molecule has 28 heavy (non-hydrogen) atoms. The molecule has 0 aliphatic rings. The van der Waals surface area contributed by atoms with Crippen LogP contribution in [0.1, 0.15) is 16.7 Å². The van der Waals surface area contributed by atoms with E-state index in [0.717, 1.165) is 16.7 Å². The maximum absolute atomic E-state index is 12.9. The molecule has 3 aromatic carbocycles. The fourth-order valence-electron chi connectivity index (χ4n) is 2.85. The zero-order chi connectivity index (χ0) is 19.6. The molecule has 0 spiro atoms. The lowest BCUT2D eigenvalue weighted by molar-refractivity contribution is -0.127. The zero-order valence-electron chi connectivity index (χ0n) is 15.3. The van der Waals surface area contributed by atoms with Crippen molar-refractivity contribution in [2.45, 2.75) is 13.1 Å². The van der Waals surface area contributed by atoms with Crippen molar-refractivity contribution in [3.8, 4) is 0 Å². The Bertz CT molecular complexity index is 993. The van der Waals surface area contributed by atoms with Gasteiger partial charge in [-0.1, -0.05) is 90.0 Å². The maximum Gasteiger partial charge on any atom is 0.247 e. The number of hydrogen-bond donors (Lipinski definition) is 0. The first kappa shape index (κ1) is 19.0. The summed E-state index contributed by atoms with van der Waals surface area (Å²) in [7, 11) is 0. The quantitative estimate of drug-likeness (QED) is 0.222. The second kappa shape index (κ2) is 9.76. The molecule has 1 amide bonds. The van der Waals surface area contributed by atoms with Crippen LogP contribution in [0.3, 0.4) is 0 Å². The van der Waals surface area contributed by atoms with E-state index in [0.29, 0.717) is 18.8 Å². The Labute approximate surface area is 164 Å². The van der Waals surface area contributed by atoms with E-state index in [-0.39, 0.29) is 5.91 Å². The highest BCUT2D eigenvalue weighted by atomic mass is 16.2. The van der Waals surface area contributed by atoms with E-state index in [1.54, 1.807) is 23.1 Å². The lowest BCUT2D eigenvalue weighted by Crippen LogP contribution is -2.28. The Balaban J connectivity index is 1.85. The number of benzene rings is 3. The van der Waals surface area contributed by atoms with Crippen LogP contribution in [0.15, 0.2) is 96.1 Å². The van der Waals surface area contributed by atoms with Gasteiger partial charge in [-0.2, -0.15) is 0 Å². The average molecular weight is 368 g/mol. The van der Waals surface area contributed by atoms with Crippen LogP contribution in [-0.2, 0) is 17.9 Å². The molecule has 5 heteroatoms. The monoisotopic (exact) mass is 368 g/mol. The summed E-state index contributed by atoms with van der Waals surface area (Å²) in [5.74, 6) is -0.108. The maximum atomic E-state index is 12.9. The molecule has 0 N–H and O–H groups in total. The highest BCUT2D eigenvalue weighted by Gasteiger charge is 2.14. The average Bonchev–Trinajstić information content (AvgIpc) is 2.74. The van der Waals surface area contributed by atoms with Crippen LogP contribution in [0.4, 0.5) is 5.69 Å². The summed E-state index contributed by atoms with van der Waals surface area (Å²) >= 11 is 0. The van der Waals surface area contributed by atoms with Crippen molar-refractivity contribution < 1.29 is 4.79 Å². The van der Waals surface area contributed by atoms with Crippen molar-refractivity contribution in [2.24, 2.45) is 5.11 Å². The summed E-state index contributed by atoms with van der Waals surface area (Å²) in [5, 5.41) is 3.74. The summed E-state index contributed by atoms with van der Waals surface area (Å²) in [4.78, 5) is 17.6. The number of carbonyl (C=O) groups excluding carboxylic acids is 1. The summed E-state index contributed by atoms with van der Waals surface area (Å²) in [6.45, 7) is 0.811. The van der Waals surface area contributed by atoms with Crippen LogP contribution in [0.2, 0.25) is 0 Å². The number of carbonyl (C=O) groups is 1. The third-order valence-electron chi connectivity index (χ3n) is 4.25. The highest BCUT2D eigenvalue weighted by molar-refractivity contribution is 5.91. The van der Waals surface area contributed by atoms with Crippen molar-refractivity contribution in [2.75, 3.05) is 0 Å². The first-order valence-corrected chi connectivity index (χ1v) is 8.95. The topological polar surface area (TPSA) is 69.1 Å². The molecule has 0 aromatic heterocycles. The summed E-state index contributed by atoms with van der Waals surface area (Å²) in [5.41, 5.74) is 12.1. The molecule has 3 aromatic rings. The molecule has 0 aliphatic heterocycles. The molecule has 3 rings (SSSR count). The molecule has 0 heterocycles. The largest absolute Gasteiger partial charge is 0.330 e. The van der Waals surface area contributed by atoms with E-state index < -0.39 is 0 Å². The second-order valence-electron chi connectivity index (χ2n) is 6.24. The van der Waals surface area contributed by atoms with Crippen LogP contribution < -0.4 is 0 Å². The van der Waals surface area contributed by atoms with Gasteiger partial charge >= 0.3 is 0 Å². The van der Waals surface area contributed by atoms with Gasteiger partial charge < -0.3 is 4.90 Å². The van der Waals surface area contributed by atoms with E-state index in [9.17, 15) is 4.79 Å². The molecule has 0 fully saturated rings. The van der Waals surface area contributed by atoms with E-state index in [2.05, 4.69) is 10.0 Å². The second-order valence-corrected chi connectivity index (χ2v) is 6.24. The number of nitrogens with zero attached hydrogens (tertiary/aromatic N) is 4. The first-order valence-electron chi connectivity index (χ1n) is 8.95. The number of hydrogen-bond acceptors (Lipinski definition) is 2. The fourth-order valence-corrected chi connectivity index (χ4v) is 2.85. The van der Waals surface area contributed by atoms with Crippen LogP contribution >= 0.6 is 0 Å². The molecular weight excluding hydrogens is 348 g/mol. The standard InChI is InChI=1S/C23H20N4O/c24-26-25-22-14-8-7-13-21(22)18-27(17-20-11-5-2-6-12-20)23(28)16-15-19-9-3-1-4-10-19/h1-16H,17-18H2/b16-15+. The lowest BCUT2D eigenvalue weighted by atomic mass is 10.1. The molecule has 0 unspecified atom stereocenters. The van der Waals surface area contributed by atoms with Gasteiger partial charge in [0.1, 0.15) is 0 Å². The third-order valence-corrected chi connectivity index (χ3v) is 4.25. The number of azide groups is 1. The lowest BCUT2D eigenvalue weighted by Gasteiger charge is -2.22. The smallest absolute Gasteiger partial charge is 0.247 e. The Kier molecular flexibility index (Phi) is 6.61. The van der Waals surface area contributed by atoms with Crippen LogP contribution in [0.25, 0.3) is 16.5 Å². The van der Waals surface area contributed by atoms with E-state index in [1.165, 1.54) is 0 Å². The Hall–Kier alpha value is -3.82. The summed E-state index contributed by atoms with van der Waals surface area (Å²) in [6, 6.07) is 26.8. The predicted octanol–water partition coefficient (Wildman–Crippen LogP) is 5.87. The predicted molar refractivity (Wildman–Crippen MR) is 111 cm³/mol. The van der Waals surface area contributed by atoms with E-state index in [1.807, 2.05) is 78.9 Å². The summed E-state index contributed by atoms with van der Waals surface area (Å²) < 4.78 is 0. The molecule has 0 radical (unpaired) electrons. The van der Waals surface area contributed by atoms with Crippen molar-refractivity contribution in [1.29, 1.82) is 0 Å². The molecule has 138 valence electrons. The Morgan fingerprint density at radius 1 is 0.893 bits per heavy atom. The molecule has 0 saturated heterocycles. The SMILES string of the molecule is [N-]=[N+]=Nc1ccccc1CN(Cc1ccccc1)C(=O)/C=C/c1ccccc1.